The highest BCUT2D eigenvalue weighted by atomic mass is 16.5. The number of carboxylic acids is 1. The zero-order valence-corrected chi connectivity index (χ0v) is 15.8. The summed E-state index contributed by atoms with van der Waals surface area (Å²) >= 11 is 0. The number of benzene rings is 2. The minimum atomic E-state index is -0.920. The molecule has 1 amide bonds. The van der Waals surface area contributed by atoms with E-state index in [1.165, 1.54) is 7.11 Å². The number of carbonyl (C=O) groups is 2. The molecule has 0 aliphatic heterocycles. The minimum absolute atomic E-state index is 0.0973. The van der Waals surface area contributed by atoms with Gasteiger partial charge in [-0.1, -0.05) is 26.0 Å². The number of anilines is 1. The van der Waals surface area contributed by atoms with Crippen LogP contribution in [-0.4, -0.2) is 30.7 Å². The average molecular weight is 371 g/mol. The Bertz CT molecular complexity index is 801. The number of carboxylic acid groups (broad SMARTS) is 1. The van der Waals surface area contributed by atoms with Crippen molar-refractivity contribution in [2.75, 3.05) is 19.0 Å². The third-order valence-corrected chi connectivity index (χ3v) is 3.92. The van der Waals surface area contributed by atoms with Crippen LogP contribution in [0.15, 0.2) is 42.5 Å². The molecular weight excluding hydrogens is 346 g/mol. The maximum atomic E-state index is 12.5. The molecule has 0 aliphatic rings. The lowest BCUT2D eigenvalue weighted by Gasteiger charge is -2.13. The van der Waals surface area contributed by atoms with Crippen molar-refractivity contribution in [3.8, 4) is 11.5 Å². The Balaban J connectivity index is 2.08. The molecule has 0 unspecified atom stereocenters. The Morgan fingerprint density at radius 3 is 2.56 bits per heavy atom. The van der Waals surface area contributed by atoms with Crippen molar-refractivity contribution in [2.45, 2.75) is 26.7 Å². The Labute approximate surface area is 159 Å². The van der Waals surface area contributed by atoms with Crippen LogP contribution in [0.1, 0.15) is 36.2 Å². The van der Waals surface area contributed by atoms with Gasteiger partial charge in [-0.3, -0.25) is 9.59 Å². The van der Waals surface area contributed by atoms with Crippen LogP contribution in [0.2, 0.25) is 0 Å². The molecule has 6 nitrogen and oxygen atoms in total. The lowest BCUT2D eigenvalue weighted by atomic mass is 10.1. The number of hydrogen-bond donors (Lipinski definition) is 2. The number of aliphatic carboxylic acids is 1. The third-order valence-electron chi connectivity index (χ3n) is 3.92. The van der Waals surface area contributed by atoms with Crippen LogP contribution in [0.5, 0.6) is 11.5 Å². The molecule has 0 atom stereocenters. The van der Waals surface area contributed by atoms with E-state index in [2.05, 4.69) is 19.2 Å². The molecule has 0 radical (unpaired) electrons. The first kappa shape index (κ1) is 20.3. The highest BCUT2D eigenvalue weighted by Gasteiger charge is 2.12. The number of ether oxygens (including phenoxy) is 2. The van der Waals surface area contributed by atoms with Crippen molar-refractivity contribution < 1.29 is 24.2 Å². The highest BCUT2D eigenvalue weighted by molar-refractivity contribution is 6.04. The van der Waals surface area contributed by atoms with E-state index in [4.69, 9.17) is 14.6 Å². The van der Waals surface area contributed by atoms with Gasteiger partial charge in [-0.2, -0.15) is 0 Å². The second-order valence-electron chi connectivity index (χ2n) is 6.62. The largest absolute Gasteiger partial charge is 0.493 e. The van der Waals surface area contributed by atoms with Crippen LogP contribution >= 0.6 is 0 Å². The van der Waals surface area contributed by atoms with Crippen molar-refractivity contribution in [1.29, 1.82) is 0 Å². The summed E-state index contributed by atoms with van der Waals surface area (Å²) in [7, 11) is 1.53. The monoisotopic (exact) mass is 371 g/mol. The van der Waals surface area contributed by atoms with Gasteiger partial charge in [0.15, 0.2) is 11.5 Å². The van der Waals surface area contributed by atoms with Crippen molar-refractivity contribution in [2.24, 2.45) is 5.92 Å². The van der Waals surface area contributed by atoms with E-state index in [-0.39, 0.29) is 12.3 Å². The number of rotatable bonds is 9. The normalized spacial score (nSPS) is 10.5. The first-order valence-electron chi connectivity index (χ1n) is 8.82. The van der Waals surface area contributed by atoms with E-state index in [0.29, 0.717) is 40.8 Å². The first-order chi connectivity index (χ1) is 12.9. The zero-order valence-electron chi connectivity index (χ0n) is 15.8. The molecule has 0 heterocycles. The lowest BCUT2D eigenvalue weighted by molar-refractivity contribution is -0.136. The van der Waals surface area contributed by atoms with E-state index < -0.39 is 5.97 Å². The Hall–Kier alpha value is -3.02. The van der Waals surface area contributed by atoms with Gasteiger partial charge in [-0.05, 0) is 48.2 Å². The smallest absolute Gasteiger partial charge is 0.307 e. The molecule has 2 N–H and O–H groups in total. The van der Waals surface area contributed by atoms with Crippen LogP contribution in [0, 0.1) is 5.92 Å². The first-order valence-corrected chi connectivity index (χ1v) is 8.82. The maximum Gasteiger partial charge on any atom is 0.307 e. The summed E-state index contributed by atoms with van der Waals surface area (Å²) in [6.07, 6.45) is 0.831. The maximum absolute atomic E-state index is 12.5. The van der Waals surface area contributed by atoms with Gasteiger partial charge < -0.3 is 19.9 Å². The third kappa shape index (κ3) is 6.33. The highest BCUT2D eigenvalue weighted by Crippen LogP contribution is 2.29. The van der Waals surface area contributed by atoms with E-state index in [1.54, 1.807) is 42.5 Å². The molecule has 2 aromatic carbocycles. The average Bonchev–Trinajstić information content (AvgIpc) is 2.61. The van der Waals surface area contributed by atoms with Gasteiger partial charge in [0.1, 0.15) is 0 Å². The van der Waals surface area contributed by atoms with Gasteiger partial charge in [0.2, 0.25) is 0 Å². The quantitative estimate of drug-likeness (QED) is 0.696. The Kier molecular flexibility index (Phi) is 7.23. The van der Waals surface area contributed by atoms with Gasteiger partial charge in [0, 0.05) is 11.3 Å². The molecule has 2 aromatic rings. The predicted molar refractivity (Wildman–Crippen MR) is 104 cm³/mol. The topological polar surface area (TPSA) is 84.9 Å². The summed E-state index contributed by atoms with van der Waals surface area (Å²) in [6, 6.07) is 11.8. The van der Waals surface area contributed by atoms with Crippen molar-refractivity contribution in [3.63, 3.8) is 0 Å². The van der Waals surface area contributed by atoms with Crippen LogP contribution in [0.4, 0.5) is 5.69 Å². The molecule has 27 heavy (non-hydrogen) atoms. The van der Waals surface area contributed by atoms with Crippen molar-refractivity contribution in [3.05, 3.63) is 53.6 Å². The minimum Gasteiger partial charge on any atom is -0.493 e. The molecule has 6 heteroatoms. The van der Waals surface area contributed by atoms with Gasteiger partial charge in [-0.25, -0.2) is 0 Å². The number of nitrogens with one attached hydrogen (secondary N) is 1. The van der Waals surface area contributed by atoms with Crippen LogP contribution < -0.4 is 14.8 Å². The Morgan fingerprint density at radius 2 is 1.89 bits per heavy atom. The summed E-state index contributed by atoms with van der Waals surface area (Å²) in [5.74, 6) is 0.396. The standard InChI is InChI=1S/C21H25NO5/c1-14(2)9-10-27-18-8-7-16(13-19(18)26-3)21(25)22-17-6-4-5-15(11-17)12-20(23)24/h4-8,11,13-14H,9-10,12H2,1-3H3,(H,22,25)(H,23,24). The predicted octanol–water partition coefficient (Wildman–Crippen LogP) is 4.00. The molecule has 2 rings (SSSR count). The summed E-state index contributed by atoms with van der Waals surface area (Å²) in [5, 5.41) is 11.7. The fourth-order valence-electron chi connectivity index (χ4n) is 2.47. The fourth-order valence-corrected chi connectivity index (χ4v) is 2.47. The van der Waals surface area contributed by atoms with E-state index in [1.807, 2.05) is 0 Å². The van der Waals surface area contributed by atoms with Gasteiger partial charge in [0.05, 0.1) is 20.1 Å². The van der Waals surface area contributed by atoms with Crippen molar-refractivity contribution in [1.82, 2.24) is 0 Å². The van der Waals surface area contributed by atoms with E-state index in [9.17, 15) is 9.59 Å². The summed E-state index contributed by atoms with van der Waals surface area (Å²) in [6.45, 7) is 4.83. The SMILES string of the molecule is COc1cc(C(=O)Nc2cccc(CC(=O)O)c2)ccc1OCCC(C)C. The molecule has 0 spiro atoms. The Morgan fingerprint density at radius 1 is 1.11 bits per heavy atom. The van der Waals surface area contributed by atoms with Gasteiger partial charge >= 0.3 is 5.97 Å². The van der Waals surface area contributed by atoms with E-state index in [0.717, 1.165) is 6.42 Å². The number of hydrogen-bond acceptors (Lipinski definition) is 4. The number of methoxy groups -OCH3 is 1. The molecular formula is C21H25NO5. The van der Waals surface area contributed by atoms with Crippen LogP contribution in [0.3, 0.4) is 0 Å². The summed E-state index contributed by atoms with van der Waals surface area (Å²) < 4.78 is 11.1. The number of amides is 1. The number of carbonyl (C=O) groups excluding carboxylic acids is 1. The molecule has 0 aromatic heterocycles. The van der Waals surface area contributed by atoms with Crippen LogP contribution in [-0.2, 0) is 11.2 Å². The molecule has 0 bridgehead atoms. The molecule has 0 saturated heterocycles. The second kappa shape index (κ2) is 9.62. The molecule has 0 saturated carbocycles. The van der Waals surface area contributed by atoms with Crippen molar-refractivity contribution >= 4 is 17.6 Å². The van der Waals surface area contributed by atoms with Crippen LogP contribution in [0.25, 0.3) is 0 Å². The van der Waals surface area contributed by atoms with E-state index >= 15 is 0 Å². The fraction of sp³-hybridized carbons (Fsp3) is 0.333. The molecule has 0 fully saturated rings. The zero-order chi connectivity index (χ0) is 19.8. The van der Waals surface area contributed by atoms with Gasteiger partial charge in [0.25, 0.3) is 5.91 Å². The summed E-state index contributed by atoms with van der Waals surface area (Å²) in [5.41, 5.74) is 1.58. The lowest BCUT2D eigenvalue weighted by Crippen LogP contribution is -2.13. The van der Waals surface area contributed by atoms with Gasteiger partial charge in [-0.15, -0.1) is 0 Å². The summed E-state index contributed by atoms with van der Waals surface area (Å²) in [4.78, 5) is 23.3. The molecule has 0 aliphatic carbocycles. The second-order valence-corrected chi connectivity index (χ2v) is 6.62. The molecule has 144 valence electrons.